The maximum Gasteiger partial charge on any atom is 0.229 e. The number of aryl methyl sites for hydroxylation is 1. The molecule has 0 aliphatic carbocycles. The van der Waals surface area contributed by atoms with Crippen molar-refractivity contribution in [2.75, 3.05) is 29.4 Å². The molecule has 0 heterocycles. The summed E-state index contributed by atoms with van der Waals surface area (Å²) in [6, 6.07) is 5.42. The number of anilines is 2. The minimum absolute atomic E-state index is 0.104. The first kappa shape index (κ1) is 15.8. The molecule has 0 amide bonds. The number of hydrogen-bond donors (Lipinski definition) is 3. The lowest BCUT2D eigenvalue weighted by molar-refractivity contribution is 0.171. The zero-order valence-corrected chi connectivity index (χ0v) is 12.6. The lowest BCUT2D eigenvalue weighted by Gasteiger charge is -2.23. The van der Waals surface area contributed by atoms with E-state index in [9.17, 15) is 13.5 Å². The number of aliphatic hydroxyl groups is 1. The van der Waals surface area contributed by atoms with Crippen LogP contribution in [0.5, 0.6) is 0 Å². The van der Waals surface area contributed by atoms with Gasteiger partial charge in [-0.3, -0.25) is 4.72 Å². The molecule has 0 fully saturated rings. The third-order valence-corrected chi connectivity index (χ3v) is 3.31. The van der Waals surface area contributed by atoms with Gasteiger partial charge in [-0.1, -0.05) is 13.8 Å². The van der Waals surface area contributed by atoms with Gasteiger partial charge in [0.15, 0.2) is 0 Å². The normalized spacial score (nSPS) is 12.3. The van der Waals surface area contributed by atoms with Crippen molar-refractivity contribution in [2.45, 2.75) is 20.8 Å². The third-order valence-electron chi connectivity index (χ3n) is 2.72. The molecule has 108 valence electrons. The van der Waals surface area contributed by atoms with Crippen LogP contribution in [0.1, 0.15) is 19.4 Å². The maximum absolute atomic E-state index is 11.2. The molecule has 0 bridgehead atoms. The Bertz CT molecular complexity index is 539. The molecule has 19 heavy (non-hydrogen) atoms. The Morgan fingerprint density at radius 2 is 1.95 bits per heavy atom. The molecule has 0 aliphatic heterocycles. The van der Waals surface area contributed by atoms with Crippen LogP contribution in [0, 0.1) is 12.3 Å². The van der Waals surface area contributed by atoms with Gasteiger partial charge in [0.2, 0.25) is 10.0 Å². The van der Waals surface area contributed by atoms with Gasteiger partial charge in [-0.25, -0.2) is 8.42 Å². The summed E-state index contributed by atoms with van der Waals surface area (Å²) in [4.78, 5) is 0. The first-order valence-corrected chi connectivity index (χ1v) is 7.95. The van der Waals surface area contributed by atoms with Gasteiger partial charge in [-0.2, -0.15) is 0 Å². The molecule has 0 saturated carbocycles. The first-order valence-electron chi connectivity index (χ1n) is 6.06. The van der Waals surface area contributed by atoms with Crippen LogP contribution in [0.25, 0.3) is 0 Å². The molecule has 1 aromatic rings. The predicted octanol–water partition coefficient (Wildman–Crippen LogP) is 1.80. The molecular weight excluding hydrogens is 264 g/mol. The second kappa shape index (κ2) is 5.79. The van der Waals surface area contributed by atoms with Crippen LogP contribution in [0.15, 0.2) is 18.2 Å². The van der Waals surface area contributed by atoms with E-state index in [-0.39, 0.29) is 12.0 Å². The number of nitrogens with one attached hydrogen (secondary N) is 2. The van der Waals surface area contributed by atoms with Gasteiger partial charge in [-0.15, -0.1) is 0 Å². The quantitative estimate of drug-likeness (QED) is 0.745. The lowest BCUT2D eigenvalue weighted by atomic mass is 9.95. The van der Waals surface area contributed by atoms with Crippen molar-refractivity contribution >= 4 is 21.4 Å². The Morgan fingerprint density at radius 3 is 2.42 bits per heavy atom. The summed E-state index contributed by atoms with van der Waals surface area (Å²) in [6.45, 7) is 6.52. The summed E-state index contributed by atoms with van der Waals surface area (Å²) < 4.78 is 24.8. The van der Waals surface area contributed by atoms with Gasteiger partial charge >= 0.3 is 0 Å². The van der Waals surface area contributed by atoms with E-state index in [1.54, 1.807) is 6.07 Å². The number of aliphatic hydroxyl groups excluding tert-OH is 1. The molecule has 1 rings (SSSR count). The fraction of sp³-hybridized carbons (Fsp3) is 0.538. The third kappa shape index (κ3) is 5.48. The molecule has 0 unspecified atom stereocenters. The Morgan fingerprint density at radius 1 is 1.32 bits per heavy atom. The second-order valence-electron chi connectivity index (χ2n) is 5.58. The summed E-state index contributed by atoms with van der Waals surface area (Å²) >= 11 is 0. The summed E-state index contributed by atoms with van der Waals surface area (Å²) in [5, 5.41) is 12.4. The van der Waals surface area contributed by atoms with E-state index in [1.807, 2.05) is 32.9 Å². The van der Waals surface area contributed by atoms with E-state index in [0.717, 1.165) is 17.5 Å². The van der Waals surface area contributed by atoms with Gasteiger partial charge in [0, 0.05) is 24.3 Å². The number of rotatable bonds is 6. The van der Waals surface area contributed by atoms with Crippen molar-refractivity contribution in [3.05, 3.63) is 23.8 Å². The Balaban J connectivity index is 2.77. The Hall–Kier alpha value is -1.27. The van der Waals surface area contributed by atoms with Crippen LogP contribution in [-0.4, -0.2) is 32.9 Å². The molecule has 0 spiro atoms. The van der Waals surface area contributed by atoms with Crippen LogP contribution in [0.2, 0.25) is 0 Å². The van der Waals surface area contributed by atoms with Crippen molar-refractivity contribution < 1.29 is 13.5 Å². The summed E-state index contributed by atoms with van der Waals surface area (Å²) in [7, 11) is -3.26. The molecule has 0 radical (unpaired) electrons. The zero-order chi connectivity index (χ0) is 14.7. The fourth-order valence-corrected chi connectivity index (χ4v) is 2.11. The van der Waals surface area contributed by atoms with Crippen LogP contribution in [0.4, 0.5) is 11.4 Å². The number of benzene rings is 1. The standard InChI is InChI=1S/C13H22N2O3S/c1-10-7-11(14-8-13(2,3)9-16)5-6-12(10)15-19(4,17)18/h5-7,14-16H,8-9H2,1-4H3. The highest BCUT2D eigenvalue weighted by molar-refractivity contribution is 7.92. The van der Waals surface area contributed by atoms with Gasteiger partial charge in [0.25, 0.3) is 0 Å². The number of sulfonamides is 1. The zero-order valence-electron chi connectivity index (χ0n) is 11.8. The van der Waals surface area contributed by atoms with Crippen molar-refractivity contribution in [1.82, 2.24) is 0 Å². The van der Waals surface area contributed by atoms with Crippen molar-refractivity contribution in [2.24, 2.45) is 5.41 Å². The van der Waals surface area contributed by atoms with Gasteiger partial charge in [-0.05, 0) is 30.7 Å². The minimum Gasteiger partial charge on any atom is -0.396 e. The second-order valence-corrected chi connectivity index (χ2v) is 7.33. The minimum atomic E-state index is -3.26. The number of hydrogen-bond acceptors (Lipinski definition) is 4. The summed E-state index contributed by atoms with van der Waals surface area (Å²) in [5.74, 6) is 0. The van der Waals surface area contributed by atoms with Crippen LogP contribution >= 0.6 is 0 Å². The monoisotopic (exact) mass is 286 g/mol. The lowest BCUT2D eigenvalue weighted by Crippen LogP contribution is -2.26. The SMILES string of the molecule is Cc1cc(NCC(C)(C)CO)ccc1NS(C)(=O)=O. The topological polar surface area (TPSA) is 78.4 Å². The van der Waals surface area contributed by atoms with E-state index in [4.69, 9.17) is 0 Å². The first-order chi connectivity index (χ1) is 8.63. The fourth-order valence-electron chi connectivity index (χ4n) is 1.49. The smallest absolute Gasteiger partial charge is 0.229 e. The maximum atomic E-state index is 11.2. The molecule has 0 aromatic heterocycles. The average Bonchev–Trinajstić information content (AvgIpc) is 2.28. The van der Waals surface area contributed by atoms with Crippen LogP contribution in [0.3, 0.4) is 0 Å². The van der Waals surface area contributed by atoms with Gasteiger partial charge < -0.3 is 10.4 Å². The van der Waals surface area contributed by atoms with E-state index in [0.29, 0.717) is 12.2 Å². The Kier molecular flexibility index (Phi) is 4.81. The van der Waals surface area contributed by atoms with E-state index >= 15 is 0 Å². The van der Waals surface area contributed by atoms with E-state index in [1.165, 1.54) is 0 Å². The van der Waals surface area contributed by atoms with E-state index < -0.39 is 10.0 Å². The Labute approximate surface area is 115 Å². The molecule has 0 atom stereocenters. The summed E-state index contributed by atoms with van der Waals surface area (Å²) in [5.41, 5.74) is 2.13. The molecule has 0 saturated heterocycles. The highest BCUT2D eigenvalue weighted by Gasteiger charge is 2.16. The van der Waals surface area contributed by atoms with Crippen molar-refractivity contribution in [3.8, 4) is 0 Å². The van der Waals surface area contributed by atoms with Crippen molar-refractivity contribution in [1.29, 1.82) is 0 Å². The predicted molar refractivity (Wildman–Crippen MR) is 79.0 cm³/mol. The highest BCUT2D eigenvalue weighted by atomic mass is 32.2. The largest absolute Gasteiger partial charge is 0.396 e. The van der Waals surface area contributed by atoms with E-state index in [2.05, 4.69) is 10.0 Å². The molecule has 0 aliphatic rings. The van der Waals surface area contributed by atoms with Crippen LogP contribution < -0.4 is 10.0 Å². The van der Waals surface area contributed by atoms with Crippen molar-refractivity contribution in [3.63, 3.8) is 0 Å². The molecular formula is C13H22N2O3S. The van der Waals surface area contributed by atoms with Gasteiger partial charge in [0.05, 0.1) is 11.9 Å². The molecule has 5 nitrogen and oxygen atoms in total. The van der Waals surface area contributed by atoms with Gasteiger partial charge in [0.1, 0.15) is 0 Å². The highest BCUT2D eigenvalue weighted by Crippen LogP contribution is 2.22. The molecule has 3 N–H and O–H groups in total. The molecule has 6 heteroatoms. The summed E-state index contributed by atoms with van der Waals surface area (Å²) in [6.07, 6.45) is 1.13. The van der Waals surface area contributed by atoms with Crippen LogP contribution in [-0.2, 0) is 10.0 Å². The molecule has 1 aromatic carbocycles. The average molecular weight is 286 g/mol.